The van der Waals surface area contributed by atoms with Crippen molar-refractivity contribution in [1.82, 2.24) is 5.32 Å². The highest BCUT2D eigenvalue weighted by Crippen LogP contribution is 2.25. The van der Waals surface area contributed by atoms with Crippen LogP contribution in [0.4, 0.5) is 0 Å². The van der Waals surface area contributed by atoms with E-state index in [0.717, 1.165) is 6.42 Å². The van der Waals surface area contributed by atoms with E-state index in [1.807, 2.05) is 24.3 Å². The molecule has 0 aliphatic heterocycles. The molecule has 0 bridgehead atoms. The fourth-order valence-electron chi connectivity index (χ4n) is 1.72. The van der Waals surface area contributed by atoms with Gasteiger partial charge in [0.25, 0.3) is 0 Å². The summed E-state index contributed by atoms with van der Waals surface area (Å²) in [5, 5.41) is 13.1. The van der Waals surface area contributed by atoms with Crippen LogP contribution in [0, 0.1) is 0 Å². The molecular weight excluding hydrogens is 258 g/mol. The van der Waals surface area contributed by atoms with Crippen molar-refractivity contribution in [1.29, 1.82) is 0 Å². The number of benzene rings is 1. The number of ether oxygens (including phenoxy) is 3. The van der Waals surface area contributed by atoms with Crippen molar-refractivity contribution in [2.24, 2.45) is 0 Å². The molecule has 0 radical (unpaired) electrons. The van der Waals surface area contributed by atoms with Crippen LogP contribution < -0.4 is 14.8 Å². The largest absolute Gasteiger partial charge is 0.493 e. The zero-order chi connectivity index (χ0) is 14.8. The summed E-state index contributed by atoms with van der Waals surface area (Å²) in [5.74, 6) is 1.31. The Bertz CT molecular complexity index is 373. The van der Waals surface area contributed by atoms with Crippen molar-refractivity contribution >= 4 is 0 Å². The molecule has 2 unspecified atom stereocenters. The summed E-state index contributed by atoms with van der Waals surface area (Å²) >= 11 is 0. The van der Waals surface area contributed by atoms with E-state index in [4.69, 9.17) is 14.2 Å². The Morgan fingerprint density at radius 3 is 2.55 bits per heavy atom. The minimum absolute atomic E-state index is 0.227. The van der Waals surface area contributed by atoms with Gasteiger partial charge >= 0.3 is 0 Å². The number of nitrogens with one attached hydrogen (secondary N) is 1. The Kier molecular flexibility index (Phi) is 8.02. The monoisotopic (exact) mass is 283 g/mol. The maximum absolute atomic E-state index is 9.89. The van der Waals surface area contributed by atoms with Crippen molar-refractivity contribution in [3.8, 4) is 11.5 Å². The first-order valence-corrected chi connectivity index (χ1v) is 6.83. The average molecular weight is 283 g/mol. The molecule has 2 N–H and O–H groups in total. The Balaban J connectivity index is 2.27. The Morgan fingerprint density at radius 2 is 1.90 bits per heavy atom. The van der Waals surface area contributed by atoms with Gasteiger partial charge in [-0.15, -0.1) is 0 Å². The zero-order valence-corrected chi connectivity index (χ0v) is 12.5. The second-order valence-electron chi connectivity index (χ2n) is 4.71. The fourth-order valence-corrected chi connectivity index (χ4v) is 1.72. The number of rotatable bonds is 10. The van der Waals surface area contributed by atoms with Gasteiger partial charge in [0.15, 0.2) is 11.5 Å². The van der Waals surface area contributed by atoms with Crippen LogP contribution in [-0.4, -0.2) is 51.2 Å². The van der Waals surface area contributed by atoms with Crippen LogP contribution in [0.3, 0.4) is 0 Å². The average Bonchev–Trinajstić information content (AvgIpc) is 2.48. The van der Waals surface area contributed by atoms with Crippen LogP contribution in [0.5, 0.6) is 11.5 Å². The molecule has 114 valence electrons. The lowest BCUT2D eigenvalue weighted by Crippen LogP contribution is -2.37. The molecule has 2 atom stereocenters. The highest BCUT2D eigenvalue weighted by molar-refractivity contribution is 5.39. The van der Waals surface area contributed by atoms with E-state index in [0.29, 0.717) is 30.7 Å². The molecule has 0 amide bonds. The van der Waals surface area contributed by atoms with Crippen molar-refractivity contribution < 1.29 is 19.3 Å². The van der Waals surface area contributed by atoms with Gasteiger partial charge in [-0.2, -0.15) is 0 Å². The van der Waals surface area contributed by atoms with E-state index < -0.39 is 6.10 Å². The van der Waals surface area contributed by atoms with Crippen molar-refractivity contribution in [3.05, 3.63) is 24.3 Å². The standard InChI is InChI=1S/C15H25NO4/c1-12(8-9-18-2)16-10-13(17)11-20-15-7-5-4-6-14(15)19-3/h4-7,12-13,16-17H,8-11H2,1-3H3. The van der Waals surface area contributed by atoms with Gasteiger partial charge in [0.1, 0.15) is 12.7 Å². The molecule has 5 heteroatoms. The van der Waals surface area contributed by atoms with Crippen molar-refractivity contribution in [3.63, 3.8) is 0 Å². The van der Waals surface area contributed by atoms with Gasteiger partial charge in [0.2, 0.25) is 0 Å². The number of hydrogen-bond acceptors (Lipinski definition) is 5. The summed E-state index contributed by atoms with van der Waals surface area (Å²) in [7, 11) is 3.28. The van der Waals surface area contributed by atoms with E-state index in [1.54, 1.807) is 14.2 Å². The number of para-hydroxylation sites is 2. The fraction of sp³-hybridized carbons (Fsp3) is 0.600. The number of aliphatic hydroxyl groups excluding tert-OH is 1. The second kappa shape index (κ2) is 9.58. The van der Waals surface area contributed by atoms with E-state index >= 15 is 0 Å². The summed E-state index contributed by atoms with van der Waals surface area (Å²) in [6.45, 7) is 3.49. The maximum Gasteiger partial charge on any atom is 0.161 e. The zero-order valence-electron chi connectivity index (χ0n) is 12.5. The van der Waals surface area contributed by atoms with Gasteiger partial charge in [-0.3, -0.25) is 0 Å². The molecule has 0 saturated heterocycles. The minimum Gasteiger partial charge on any atom is -0.493 e. The van der Waals surface area contributed by atoms with Gasteiger partial charge in [0.05, 0.1) is 7.11 Å². The molecule has 0 spiro atoms. The number of aliphatic hydroxyl groups is 1. The molecule has 1 rings (SSSR count). The molecule has 0 aliphatic rings. The lowest BCUT2D eigenvalue weighted by Gasteiger charge is -2.18. The molecule has 5 nitrogen and oxygen atoms in total. The predicted octanol–water partition coefficient (Wildman–Crippen LogP) is 1.45. The molecule has 0 saturated carbocycles. The van der Waals surface area contributed by atoms with Crippen LogP contribution in [0.2, 0.25) is 0 Å². The number of methoxy groups -OCH3 is 2. The highest BCUT2D eigenvalue weighted by Gasteiger charge is 2.09. The van der Waals surface area contributed by atoms with E-state index in [1.165, 1.54) is 0 Å². The Morgan fingerprint density at radius 1 is 1.20 bits per heavy atom. The summed E-state index contributed by atoms with van der Waals surface area (Å²) in [6.07, 6.45) is 0.348. The third-order valence-corrected chi connectivity index (χ3v) is 2.96. The summed E-state index contributed by atoms with van der Waals surface area (Å²) in [4.78, 5) is 0. The lowest BCUT2D eigenvalue weighted by atomic mass is 10.2. The van der Waals surface area contributed by atoms with E-state index in [2.05, 4.69) is 12.2 Å². The summed E-state index contributed by atoms with van der Waals surface area (Å²) < 4.78 is 15.8. The smallest absolute Gasteiger partial charge is 0.161 e. The molecule has 1 aromatic carbocycles. The molecule has 0 fully saturated rings. The van der Waals surface area contributed by atoms with E-state index in [-0.39, 0.29) is 6.61 Å². The summed E-state index contributed by atoms with van der Waals surface area (Å²) in [5.41, 5.74) is 0. The van der Waals surface area contributed by atoms with Gasteiger partial charge < -0.3 is 24.6 Å². The van der Waals surface area contributed by atoms with Gasteiger partial charge in [-0.05, 0) is 25.5 Å². The van der Waals surface area contributed by atoms with Gasteiger partial charge in [-0.25, -0.2) is 0 Å². The van der Waals surface area contributed by atoms with Gasteiger partial charge in [0, 0.05) is 26.3 Å². The van der Waals surface area contributed by atoms with Gasteiger partial charge in [-0.1, -0.05) is 12.1 Å². The molecule has 0 aliphatic carbocycles. The molecular formula is C15H25NO4. The van der Waals surface area contributed by atoms with Crippen molar-refractivity contribution in [2.75, 3.05) is 34.0 Å². The van der Waals surface area contributed by atoms with Crippen LogP contribution in [-0.2, 0) is 4.74 Å². The van der Waals surface area contributed by atoms with Crippen LogP contribution in [0.15, 0.2) is 24.3 Å². The minimum atomic E-state index is -0.565. The summed E-state index contributed by atoms with van der Waals surface area (Å²) in [6, 6.07) is 7.69. The third-order valence-electron chi connectivity index (χ3n) is 2.96. The first kappa shape index (κ1) is 16.8. The SMILES string of the molecule is COCCC(C)NCC(O)COc1ccccc1OC. The van der Waals surface area contributed by atoms with Crippen LogP contribution in [0.25, 0.3) is 0 Å². The second-order valence-corrected chi connectivity index (χ2v) is 4.71. The lowest BCUT2D eigenvalue weighted by molar-refractivity contribution is 0.100. The van der Waals surface area contributed by atoms with E-state index in [9.17, 15) is 5.11 Å². The molecule has 0 aromatic heterocycles. The highest BCUT2D eigenvalue weighted by atomic mass is 16.5. The first-order valence-electron chi connectivity index (χ1n) is 6.83. The van der Waals surface area contributed by atoms with Crippen molar-refractivity contribution in [2.45, 2.75) is 25.5 Å². The Labute approximate surface area is 120 Å². The van der Waals surface area contributed by atoms with Crippen LogP contribution >= 0.6 is 0 Å². The predicted molar refractivity (Wildman–Crippen MR) is 78.5 cm³/mol. The molecule has 1 aromatic rings. The normalized spacial score (nSPS) is 13.8. The van der Waals surface area contributed by atoms with Crippen LogP contribution in [0.1, 0.15) is 13.3 Å². The molecule has 20 heavy (non-hydrogen) atoms. The molecule has 0 heterocycles. The number of hydrogen-bond donors (Lipinski definition) is 2. The maximum atomic E-state index is 9.89. The first-order chi connectivity index (χ1) is 9.67. The quantitative estimate of drug-likeness (QED) is 0.680. The topological polar surface area (TPSA) is 60.0 Å². The third kappa shape index (κ3) is 6.23. The Hall–Kier alpha value is -1.30.